The van der Waals surface area contributed by atoms with Gasteiger partial charge in [-0.05, 0) is 42.8 Å². The van der Waals surface area contributed by atoms with Gasteiger partial charge >= 0.3 is 0 Å². The van der Waals surface area contributed by atoms with Gasteiger partial charge in [-0.2, -0.15) is 0 Å². The molecule has 2 aromatic carbocycles. The van der Waals surface area contributed by atoms with E-state index in [-0.39, 0.29) is 5.91 Å². The predicted octanol–water partition coefficient (Wildman–Crippen LogP) is 3.65. The molecule has 7 nitrogen and oxygen atoms in total. The van der Waals surface area contributed by atoms with Gasteiger partial charge in [-0.15, -0.1) is 0 Å². The number of nitrogens with two attached hydrogens (primary N) is 1. The summed E-state index contributed by atoms with van der Waals surface area (Å²) in [5.74, 6) is 1.92. The zero-order valence-corrected chi connectivity index (χ0v) is 19.0. The van der Waals surface area contributed by atoms with Gasteiger partial charge in [0.1, 0.15) is 17.2 Å². The zero-order chi connectivity index (χ0) is 22.7. The normalized spacial score (nSPS) is 15.1. The van der Waals surface area contributed by atoms with Crippen molar-refractivity contribution in [3.05, 3.63) is 53.7 Å². The Labute approximate surface area is 188 Å². The van der Waals surface area contributed by atoms with Crippen molar-refractivity contribution in [3.63, 3.8) is 0 Å². The second-order valence-corrected chi connectivity index (χ2v) is 8.19. The Morgan fingerprint density at radius 3 is 2.28 bits per heavy atom. The molecule has 0 saturated carbocycles. The van der Waals surface area contributed by atoms with Crippen LogP contribution >= 0.6 is 0 Å². The molecular weight excluding hydrogens is 406 g/mol. The van der Waals surface area contributed by atoms with Crippen molar-refractivity contribution in [3.8, 4) is 17.2 Å². The number of ether oxygens (including phenoxy) is 3. The van der Waals surface area contributed by atoms with Crippen LogP contribution in [0, 0.1) is 0 Å². The van der Waals surface area contributed by atoms with E-state index in [1.807, 2.05) is 24.3 Å². The van der Waals surface area contributed by atoms with Gasteiger partial charge in [0.2, 0.25) is 5.91 Å². The lowest BCUT2D eigenvalue weighted by molar-refractivity contribution is 0.100. The molecule has 0 radical (unpaired) electrons. The van der Waals surface area contributed by atoms with Crippen LogP contribution in [0.15, 0.2) is 42.6 Å². The predicted molar refractivity (Wildman–Crippen MR) is 125 cm³/mol. The molecule has 0 unspecified atom stereocenters. The van der Waals surface area contributed by atoms with Crippen LogP contribution in [0.2, 0.25) is 0 Å². The van der Waals surface area contributed by atoms with E-state index >= 15 is 0 Å². The van der Waals surface area contributed by atoms with Gasteiger partial charge in [0, 0.05) is 60.6 Å². The summed E-state index contributed by atoms with van der Waals surface area (Å²) in [5, 5.41) is 1.14. The molecule has 3 aromatic rings. The van der Waals surface area contributed by atoms with Crippen molar-refractivity contribution in [1.82, 2.24) is 9.47 Å². The van der Waals surface area contributed by atoms with E-state index in [9.17, 15) is 4.79 Å². The average Bonchev–Trinajstić information content (AvgIpc) is 3.25. The number of likely N-dealkylation sites (tertiary alicyclic amines) is 1. The van der Waals surface area contributed by atoms with Gasteiger partial charge in [0.25, 0.3) is 0 Å². The Balaban J connectivity index is 1.42. The highest BCUT2D eigenvalue weighted by molar-refractivity contribution is 5.97. The third kappa shape index (κ3) is 4.39. The summed E-state index contributed by atoms with van der Waals surface area (Å²) >= 11 is 0. The molecule has 1 amide bonds. The molecule has 32 heavy (non-hydrogen) atoms. The molecule has 7 heteroatoms. The number of amides is 1. The lowest BCUT2D eigenvalue weighted by atomic mass is 10.0. The average molecular weight is 438 g/mol. The fourth-order valence-corrected chi connectivity index (χ4v) is 4.64. The van der Waals surface area contributed by atoms with Crippen molar-refractivity contribution < 1.29 is 19.0 Å². The van der Waals surface area contributed by atoms with Gasteiger partial charge in [-0.25, -0.2) is 0 Å². The molecule has 0 spiro atoms. The minimum atomic E-state index is -0.390. The van der Waals surface area contributed by atoms with Crippen LogP contribution in [0.1, 0.15) is 34.8 Å². The molecule has 170 valence electrons. The van der Waals surface area contributed by atoms with Crippen molar-refractivity contribution >= 4 is 16.8 Å². The summed E-state index contributed by atoms with van der Waals surface area (Å²) in [6, 6.07) is 12.0. The maximum absolute atomic E-state index is 11.6. The molecule has 1 fully saturated rings. The van der Waals surface area contributed by atoms with E-state index in [0.29, 0.717) is 11.6 Å². The Kier molecular flexibility index (Phi) is 6.55. The number of fused-ring (bicyclic) bond motifs is 1. The first kappa shape index (κ1) is 22.0. The fourth-order valence-electron chi connectivity index (χ4n) is 4.64. The molecule has 2 N–H and O–H groups in total. The third-order valence-electron chi connectivity index (χ3n) is 6.45. The van der Waals surface area contributed by atoms with Gasteiger partial charge in [0.15, 0.2) is 0 Å². The van der Waals surface area contributed by atoms with Crippen molar-refractivity contribution in [2.24, 2.45) is 5.73 Å². The minimum absolute atomic E-state index is 0.390. The largest absolute Gasteiger partial charge is 0.496 e. The molecule has 0 atom stereocenters. The summed E-state index contributed by atoms with van der Waals surface area (Å²) in [6.07, 6.45) is 5.08. The van der Waals surface area contributed by atoms with Crippen LogP contribution in [0.3, 0.4) is 0 Å². The highest BCUT2D eigenvalue weighted by Crippen LogP contribution is 2.35. The van der Waals surface area contributed by atoms with E-state index in [1.165, 1.54) is 0 Å². The van der Waals surface area contributed by atoms with E-state index in [2.05, 4.69) is 21.7 Å². The summed E-state index contributed by atoms with van der Waals surface area (Å²) in [5.41, 5.74) is 8.17. The Bertz CT molecular complexity index is 1070. The van der Waals surface area contributed by atoms with Crippen LogP contribution in [0.4, 0.5) is 0 Å². The van der Waals surface area contributed by atoms with Crippen molar-refractivity contribution in [2.45, 2.75) is 25.3 Å². The van der Waals surface area contributed by atoms with Gasteiger partial charge < -0.3 is 29.4 Å². The van der Waals surface area contributed by atoms with Crippen molar-refractivity contribution in [2.75, 3.05) is 41.0 Å². The number of methoxy groups -OCH3 is 3. The third-order valence-corrected chi connectivity index (χ3v) is 6.45. The molecule has 0 bridgehead atoms. The summed E-state index contributed by atoms with van der Waals surface area (Å²) < 4.78 is 18.8. The monoisotopic (exact) mass is 437 g/mol. The number of carbonyl (C=O) groups excluding carboxylic acids is 1. The molecule has 1 aliphatic heterocycles. The Hall–Kier alpha value is -3.19. The summed E-state index contributed by atoms with van der Waals surface area (Å²) in [4.78, 5) is 14.1. The van der Waals surface area contributed by atoms with E-state index in [4.69, 9.17) is 19.9 Å². The Morgan fingerprint density at radius 2 is 1.69 bits per heavy atom. The smallest absolute Gasteiger partial charge is 0.248 e. The van der Waals surface area contributed by atoms with Crippen LogP contribution in [0.25, 0.3) is 10.9 Å². The maximum atomic E-state index is 11.6. The van der Waals surface area contributed by atoms with E-state index < -0.39 is 0 Å². The zero-order valence-electron chi connectivity index (χ0n) is 19.0. The number of aromatic nitrogens is 1. The van der Waals surface area contributed by atoms with Crippen molar-refractivity contribution in [1.29, 1.82) is 0 Å². The molecule has 2 heterocycles. The number of rotatable bonds is 8. The first-order valence-electron chi connectivity index (χ1n) is 11.0. The second kappa shape index (κ2) is 9.53. The highest BCUT2D eigenvalue weighted by atomic mass is 16.5. The molecule has 4 rings (SSSR count). The maximum Gasteiger partial charge on any atom is 0.248 e. The Morgan fingerprint density at radius 1 is 1.00 bits per heavy atom. The number of nitrogens with zero attached hydrogens (tertiary/aromatic N) is 2. The van der Waals surface area contributed by atoms with Crippen LogP contribution in [0.5, 0.6) is 17.2 Å². The quantitative estimate of drug-likeness (QED) is 0.582. The molecule has 1 aliphatic rings. The number of benzene rings is 2. The minimum Gasteiger partial charge on any atom is -0.496 e. The molecule has 1 saturated heterocycles. The van der Waals surface area contributed by atoms with E-state index in [1.54, 1.807) is 27.4 Å². The van der Waals surface area contributed by atoms with Crippen LogP contribution in [-0.2, 0) is 6.42 Å². The highest BCUT2D eigenvalue weighted by Gasteiger charge is 2.22. The van der Waals surface area contributed by atoms with Crippen LogP contribution in [-0.4, -0.2) is 56.3 Å². The fraction of sp³-hybridized carbons (Fsp3) is 0.400. The molecular formula is C25H31N3O4. The number of piperidine rings is 1. The van der Waals surface area contributed by atoms with Gasteiger partial charge in [-0.1, -0.05) is 6.07 Å². The number of hydrogen-bond donors (Lipinski definition) is 1. The lowest BCUT2D eigenvalue weighted by Gasteiger charge is -2.33. The van der Waals surface area contributed by atoms with E-state index in [0.717, 1.165) is 72.6 Å². The SMILES string of the molecule is COc1cc(OC)c(CCN2CCC(n3ccc4ccc(C(N)=O)cc43)CC2)c(OC)c1. The summed E-state index contributed by atoms with van der Waals surface area (Å²) in [6.45, 7) is 2.96. The van der Waals surface area contributed by atoms with Gasteiger partial charge in [-0.3, -0.25) is 4.79 Å². The lowest BCUT2D eigenvalue weighted by Crippen LogP contribution is -2.35. The number of carbonyl (C=O) groups is 1. The first-order chi connectivity index (χ1) is 15.5. The topological polar surface area (TPSA) is 79.0 Å². The van der Waals surface area contributed by atoms with Gasteiger partial charge in [0.05, 0.1) is 21.3 Å². The first-order valence-corrected chi connectivity index (χ1v) is 11.0. The standard InChI is InChI=1S/C25H31N3O4/c1-30-20-15-23(31-2)21(24(16-20)32-3)9-12-27-10-7-19(8-11-27)28-13-6-17-4-5-18(25(26)29)14-22(17)28/h4-6,13-16,19H,7-12H2,1-3H3,(H2,26,29). The number of hydrogen-bond acceptors (Lipinski definition) is 5. The van der Waals surface area contributed by atoms with Crippen LogP contribution < -0.4 is 19.9 Å². The molecule has 0 aliphatic carbocycles. The molecule has 1 aromatic heterocycles. The number of primary amides is 1. The second-order valence-electron chi connectivity index (χ2n) is 8.19. The summed E-state index contributed by atoms with van der Waals surface area (Å²) in [7, 11) is 4.99.